The SMILES string of the molecule is CCNC(=NCC(C)CN(C)C(=O)OC(C)(C)C)NC1CCCC(S(=O)CC)C1. The lowest BCUT2D eigenvalue weighted by Gasteiger charge is -2.30. The highest BCUT2D eigenvalue weighted by Crippen LogP contribution is 2.23. The van der Waals surface area contributed by atoms with Gasteiger partial charge in [-0.15, -0.1) is 0 Å². The maximum Gasteiger partial charge on any atom is 0.410 e. The van der Waals surface area contributed by atoms with Gasteiger partial charge in [0.2, 0.25) is 0 Å². The molecule has 0 saturated heterocycles. The second-order valence-corrected chi connectivity index (χ2v) is 11.0. The highest BCUT2D eigenvalue weighted by Gasteiger charge is 2.26. The highest BCUT2D eigenvalue weighted by atomic mass is 32.2. The van der Waals surface area contributed by atoms with Crippen LogP contribution in [0.25, 0.3) is 0 Å². The number of carbonyl (C=O) groups excluding carboxylic acids is 1. The van der Waals surface area contributed by atoms with Crippen molar-refractivity contribution in [2.75, 3.05) is 32.4 Å². The molecule has 1 saturated carbocycles. The van der Waals surface area contributed by atoms with Gasteiger partial charge in [-0.3, -0.25) is 9.20 Å². The molecule has 170 valence electrons. The number of hydrogen-bond donors (Lipinski definition) is 2. The molecule has 0 aromatic rings. The van der Waals surface area contributed by atoms with Crippen LogP contribution >= 0.6 is 0 Å². The number of amides is 1. The number of hydrogen-bond acceptors (Lipinski definition) is 4. The smallest absolute Gasteiger partial charge is 0.410 e. The minimum atomic E-state index is -0.732. The Balaban J connectivity index is 2.58. The highest BCUT2D eigenvalue weighted by molar-refractivity contribution is 7.85. The van der Waals surface area contributed by atoms with E-state index in [0.29, 0.717) is 19.1 Å². The Hall–Kier alpha value is -1.31. The van der Waals surface area contributed by atoms with Crippen molar-refractivity contribution in [3.8, 4) is 0 Å². The van der Waals surface area contributed by atoms with Crippen LogP contribution in [-0.2, 0) is 15.5 Å². The lowest BCUT2D eigenvalue weighted by Crippen LogP contribution is -2.47. The summed E-state index contributed by atoms with van der Waals surface area (Å²) >= 11 is 0. The molecule has 1 fully saturated rings. The van der Waals surface area contributed by atoms with Crippen LogP contribution in [0.15, 0.2) is 4.99 Å². The third-order valence-corrected chi connectivity index (χ3v) is 6.56. The van der Waals surface area contributed by atoms with Crippen LogP contribution in [0.3, 0.4) is 0 Å². The molecular weight excluding hydrogens is 388 g/mol. The molecule has 0 bridgehead atoms. The fraction of sp³-hybridized carbons (Fsp3) is 0.905. The van der Waals surface area contributed by atoms with E-state index in [2.05, 4.69) is 17.6 Å². The first-order chi connectivity index (χ1) is 13.6. The molecule has 1 aliphatic rings. The summed E-state index contributed by atoms with van der Waals surface area (Å²) in [5.74, 6) is 1.73. The molecule has 7 nitrogen and oxygen atoms in total. The molecule has 0 aromatic carbocycles. The fourth-order valence-electron chi connectivity index (χ4n) is 3.45. The van der Waals surface area contributed by atoms with Crippen molar-refractivity contribution < 1.29 is 13.7 Å². The normalized spacial score (nSPS) is 22.5. The molecule has 0 heterocycles. The van der Waals surface area contributed by atoms with E-state index in [4.69, 9.17) is 9.73 Å². The Bertz CT molecular complexity index is 563. The molecule has 4 unspecified atom stereocenters. The van der Waals surface area contributed by atoms with E-state index < -0.39 is 16.4 Å². The number of aliphatic imine (C=N–C) groups is 1. The molecular formula is C21H42N4O3S. The summed E-state index contributed by atoms with van der Waals surface area (Å²) in [6.45, 7) is 13.7. The van der Waals surface area contributed by atoms with Gasteiger partial charge < -0.3 is 20.3 Å². The van der Waals surface area contributed by atoms with Gasteiger partial charge in [-0.25, -0.2) is 4.79 Å². The lowest BCUT2D eigenvalue weighted by atomic mass is 9.95. The monoisotopic (exact) mass is 430 g/mol. The zero-order valence-corrected chi connectivity index (χ0v) is 20.2. The van der Waals surface area contributed by atoms with Gasteiger partial charge in [-0.2, -0.15) is 0 Å². The Kier molecular flexibility index (Phi) is 11.0. The average molecular weight is 431 g/mol. The number of carbonyl (C=O) groups is 1. The molecule has 2 N–H and O–H groups in total. The predicted octanol–water partition coefficient (Wildman–Crippen LogP) is 3.12. The van der Waals surface area contributed by atoms with Gasteiger partial charge in [0.05, 0.1) is 0 Å². The summed E-state index contributed by atoms with van der Waals surface area (Å²) in [4.78, 5) is 18.5. The third kappa shape index (κ3) is 10.3. The standard InChI is InChI=1S/C21H42N4O3S/c1-8-22-19(24-17-11-10-12-18(13-17)29(27)9-2)23-14-16(3)15-25(7)20(26)28-21(4,5)6/h16-18H,8-15H2,1-7H3,(H2,22,23,24). The summed E-state index contributed by atoms with van der Waals surface area (Å²) in [7, 11) is 1.03. The first-order valence-corrected chi connectivity index (χ1v) is 12.3. The van der Waals surface area contributed by atoms with Gasteiger partial charge in [0.15, 0.2) is 5.96 Å². The van der Waals surface area contributed by atoms with Crippen LogP contribution in [0.5, 0.6) is 0 Å². The van der Waals surface area contributed by atoms with Crippen molar-refractivity contribution in [2.24, 2.45) is 10.9 Å². The second kappa shape index (κ2) is 12.4. The quantitative estimate of drug-likeness (QED) is 0.457. The summed E-state index contributed by atoms with van der Waals surface area (Å²) in [6, 6.07) is 0.307. The first kappa shape index (κ1) is 25.7. The molecule has 1 amide bonds. The minimum Gasteiger partial charge on any atom is -0.444 e. The van der Waals surface area contributed by atoms with Crippen LogP contribution in [-0.4, -0.2) is 70.5 Å². The largest absolute Gasteiger partial charge is 0.444 e. The molecule has 1 aliphatic carbocycles. The Morgan fingerprint density at radius 3 is 2.59 bits per heavy atom. The number of nitrogens with one attached hydrogen (secondary N) is 2. The molecule has 29 heavy (non-hydrogen) atoms. The van der Waals surface area contributed by atoms with Gasteiger partial charge >= 0.3 is 6.09 Å². The van der Waals surface area contributed by atoms with Crippen molar-refractivity contribution >= 4 is 22.9 Å². The topological polar surface area (TPSA) is 83.0 Å². The maximum atomic E-state index is 12.2. The van der Waals surface area contributed by atoms with E-state index in [9.17, 15) is 9.00 Å². The summed E-state index contributed by atoms with van der Waals surface area (Å²) in [5.41, 5.74) is -0.492. The van der Waals surface area contributed by atoms with Crippen molar-refractivity contribution in [3.05, 3.63) is 0 Å². The Labute approximate surface area is 179 Å². The summed E-state index contributed by atoms with van der Waals surface area (Å²) < 4.78 is 17.6. The Morgan fingerprint density at radius 1 is 1.31 bits per heavy atom. The van der Waals surface area contributed by atoms with Crippen LogP contribution < -0.4 is 10.6 Å². The Morgan fingerprint density at radius 2 is 2.00 bits per heavy atom. The van der Waals surface area contributed by atoms with Crippen molar-refractivity contribution in [2.45, 2.75) is 84.1 Å². The van der Waals surface area contributed by atoms with Gasteiger partial charge in [0.25, 0.3) is 0 Å². The molecule has 1 rings (SSSR count). The average Bonchev–Trinajstić information content (AvgIpc) is 2.64. The fourth-order valence-corrected chi connectivity index (χ4v) is 4.80. The summed E-state index contributed by atoms with van der Waals surface area (Å²) in [5, 5.41) is 7.12. The third-order valence-electron chi connectivity index (χ3n) is 4.82. The van der Waals surface area contributed by atoms with Gasteiger partial charge in [0.1, 0.15) is 5.60 Å². The summed E-state index contributed by atoms with van der Waals surface area (Å²) in [6.07, 6.45) is 3.86. The van der Waals surface area contributed by atoms with E-state index in [1.807, 2.05) is 34.6 Å². The maximum absolute atomic E-state index is 12.2. The van der Waals surface area contributed by atoms with Gasteiger partial charge in [-0.05, 0) is 52.9 Å². The number of rotatable bonds is 8. The molecule has 0 aliphatic heterocycles. The molecule has 4 atom stereocenters. The van der Waals surface area contributed by atoms with Crippen LogP contribution in [0, 0.1) is 5.92 Å². The van der Waals surface area contributed by atoms with E-state index in [-0.39, 0.29) is 17.3 Å². The van der Waals surface area contributed by atoms with Crippen molar-refractivity contribution in [3.63, 3.8) is 0 Å². The number of guanidine groups is 1. The van der Waals surface area contributed by atoms with Crippen molar-refractivity contribution in [1.82, 2.24) is 15.5 Å². The van der Waals surface area contributed by atoms with Gasteiger partial charge in [0, 0.05) is 54.5 Å². The van der Waals surface area contributed by atoms with Crippen LogP contribution in [0.2, 0.25) is 0 Å². The van der Waals surface area contributed by atoms with Crippen molar-refractivity contribution in [1.29, 1.82) is 0 Å². The van der Waals surface area contributed by atoms with Crippen LogP contribution in [0.4, 0.5) is 4.79 Å². The zero-order chi connectivity index (χ0) is 22.0. The van der Waals surface area contributed by atoms with E-state index in [1.165, 1.54) is 0 Å². The second-order valence-electron chi connectivity index (χ2n) is 8.98. The first-order valence-electron chi connectivity index (χ1n) is 10.9. The molecule has 0 aromatic heterocycles. The van der Waals surface area contributed by atoms with Gasteiger partial charge in [-0.1, -0.05) is 20.3 Å². The molecule has 0 radical (unpaired) electrons. The molecule has 8 heteroatoms. The van der Waals surface area contributed by atoms with E-state index in [1.54, 1.807) is 11.9 Å². The molecule has 0 spiro atoms. The zero-order valence-electron chi connectivity index (χ0n) is 19.4. The number of nitrogens with zero attached hydrogens (tertiary/aromatic N) is 2. The minimum absolute atomic E-state index is 0.203. The lowest BCUT2D eigenvalue weighted by molar-refractivity contribution is 0.0279. The number of ether oxygens (including phenoxy) is 1. The van der Waals surface area contributed by atoms with E-state index in [0.717, 1.165) is 43.9 Å². The van der Waals surface area contributed by atoms with Crippen LogP contribution in [0.1, 0.15) is 67.2 Å². The predicted molar refractivity (Wildman–Crippen MR) is 122 cm³/mol. The van der Waals surface area contributed by atoms with E-state index >= 15 is 0 Å².